The van der Waals surface area contributed by atoms with E-state index in [1.54, 1.807) is 54.6 Å². The number of carbonyl (C=O) groups is 1. The highest BCUT2D eigenvalue weighted by Crippen LogP contribution is 2.31. The Morgan fingerprint density at radius 3 is 2.29 bits per heavy atom. The molecule has 1 aromatic heterocycles. The molecule has 0 aliphatic carbocycles. The minimum Gasteiger partial charge on any atom is -0.308 e. The van der Waals surface area contributed by atoms with E-state index in [1.165, 1.54) is 11.3 Å². The summed E-state index contributed by atoms with van der Waals surface area (Å²) in [5, 5.41) is 8.13. The number of halogens is 2. The fraction of sp³-hybridized carbons (Fsp3) is 0. The van der Waals surface area contributed by atoms with Gasteiger partial charge < -0.3 is 10.6 Å². The molecule has 11 heteroatoms. The second-order valence-electron chi connectivity index (χ2n) is 7.52. The lowest BCUT2D eigenvalue weighted by Crippen LogP contribution is -2.19. The number of thiazole rings is 1. The largest absolute Gasteiger partial charge is 0.323 e. The average Bonchev–Trinajstić information content (AvgIpc) is 3.22. The van der Waals surface area contributed by atoms with Crippen molar-refractivity contribution in [3.8, 4) is 0 Å². The number of fused-ring (bicyclic) bond motifs is 2. The van der Waals surface area contributed by atoms with Gasteiger partial charge in [0.25, 0.3) is 10.0 Å². The predicted molar refractivity (Wildman–Crippen MR) is 143 cm³/mol. The van der Waals surface area contributed by atoms with Gasteiger partial charge in [0.15, 0.2) is 5.13 Å². The van der Waals surface area contributed by atoms with E-state index in [-0.39, 0.29) is 10.0 Å². The number of aromatic nitrogens is 1. The van der Waals surface area contributed by atoms with Crippen LogP contribution in [0, 0.1) is 0 Å². The van der Waals surface area contributed by atoms with E-state index in [2.05, 4.69) is 20.3 Å². The molecule has 0 saturated carbocycles. The highest BCUT2D eigenvalue weighted by molar-refractivity contribution is 7.93. The van der Waals surface area contributed by atoms with Crippen molar-refractivity contribution in [3.63, 3.8) is 0 Å². The van der Waals surface area contributed by atoms with Crippen molar-refractivity contribution >= 4 is 88.1 Å². The van der Waals surface area contributed by atoms with E-state index in [9.17, 15) is 13.2 Å². The molecular formula is C24H16Cl2N4O3S2. The maximum atomic E-state index is 12.9. The van der Waals surface area contributed by atoms with Crippen LogP contribution < -0.4 is 15.4 Å². The van der Waals surface area contributed by atoms with E-state index in [1.807, 2.05) is 24.3 Å². The monoisotopic (exact) mass is 542 g/mol. The molecule has 0 radical (unpaired) electrons. The smallest absolute Gasteiger partial charge is 0.308 e. The molecule has 0 saturated heterocycles. The quantitative estimate of drug-likeness (QED) is 0.218. The van der Waals surface area contributed by atoms with Gasteiger partial charge in [-0.1, -0.05) is 64.9 Å². The van der Waals surface area contributed by atoms with Gasteiger partial charge in [0.05, 0.1) is 25.2 Å². The lowest BCUT2D eigenvalue weighted by molar-refractivity contribution is 0.262. The van der Waals surface area contributed by atoms with E-state index >= 15 is 0 Å². The Kier molecular flexibility index (Phi) is 6.24. The number of amides is 2. The normalized spacial score (nSPS) is 11.5. The van der Waals surface area contributed by atoms with Crippen LogP contribution in [0.25, 0.3) is 21.0 Å². The first-order valence-corrected chi connectivity index (χ1v) is 13.3. The Balaban J connectivity index is 1.32. The molecule has 5 rings (SSSR count). The molecule has 2 amide bonds. The highest BCUT2D eigenvalue weighted by atomic mass is 35.5. The Labute approximate surface area is 214 Å². The van der Waals surface area contributed by atoms with Crippen molar-refractivity contribution in [2.45, 2.75) is 4.90 Å². The van der Waals surface area contributed by atoms with Crippen molar-refractivity contribution in [3.05, 3.63) is 88.9 Å². The number of hydrogen-bond acceptors (Lipinski definition) is 5. The maximum Gasteiger partial charge on any atom is 0.323 e. The van der Waals surface area contributed by atoms with Crippen LogP contribution in [0.4, 0.5) is 21.3 Å². The highest BCUT2D eigenvalue weighted by Gasteiger charge is 2.17. The van der Waals surface area contributed by atoms with E-state index in [0.717, 1.165) is 10.8 Å². The number of nitrogens with one attached hydrogen (secondary N) is 3. The molecule has 7 nitrogen and oxygen atoms in total. The molecule has 0 atom stereocenters. The van der Waals surface area contributed by atoms with Crippen LogP contribution in [0.2, 0.25) is 10.0 Å². The zero-order valence-electron chi connectivity index (χ0n) is 17.7. The predicted octanol–water partition coefficient (Wildman–Crippen LogP) is 7.20. The molecule has 35 heavy (non-hydrogen) atoms. The van der Waals surface area contributed by atoms with Crippen molar-refractivity contribution in [2.75, 3.05) is 15.4 Å². The van der Waals surface area contributed by atoms with Gasteiger partial charge in [-0.05, 0) is 59.3 Å². The summed E-state index contributed by atoms with van der Waals surface area (Å²) in [4.78, 5) is 16.9. The van der Waals surface area contributed by atoms with Crippen LogP contribution in [-0.2, 0) is 10.0 Å². The Morgan fingerprint density at radius 2 is 1.51 bits per heavy atom. The molecule has 0 unspecified atom stereocenters. The zero-order chi connectivity index (χ0) is 24.6. The molecular weight excluding hydrogens is 527 g/mol. The number of rotatable bonds is 5. The van der Waals surface area contributed by atoms with Crippen LogP contribution in [0.5, 0.6) is 0 Å². The number of hydrogen-bond donors (Lipinski definition) is 3. The number of nitrogens with zero attached hydrogens (tertiary/aromatic N) is 1. The zero-order valence-corrected chi connectivity index (χ0v) is 20.9. The second-order valence-corrected chi connectivity index (χ2v) is 11.1. The van der Waals surface area contributed by atoms with Gasteiger partial charge in [-0.25, -0.2) is 18.2 Å². The van der Waals surface area contributed by atoms with Crippen molar-refractivity contribution in [1.29, 1.82) is 0 Å². The van der Waals surface area contributed by atoms with Crippen LogP contribution >= 0.6 is 34.5 Å². The van der Waals surface area contributed by atoms with Crippen LogP contribution in [0.1, 0.15) is 0 Å². The molecule has 4 aromatic carbocycles. The Morgan fingerprint density at radius 1 is 0.800 bits per heavy atom. The van der Waals surface area contributed by atoms with Gasteiger partial charge >= 0.3 is 6.03 Å². The minimum absolute atomic E-state index is 0.150. The molecule has 3 N–H and O–H groups in total. The van der Waals surface area contributed by atoms with Crippen molar-refractivity contribution in [1.82, 2.24) is 4.98 Å². The molecule has 176 valence electrons. The van der Waals surface area contributed by atoms with Crippen molar-refractivity contribution < 1.29 is 13.2 Å². The second kappa shape index (κ2) is 9.35. The van der Waals surface area contributed by atoms with Gasteiger partial charge in [-0.2, -0.15) is 0 Å². The third kappa shape index (κ3) is 5.18. The van der Waals surface area contributed by atoms with Crippen LogP contribution in [-0.4, -0.2) is 19.4 Å². The standard InChI is InChI=1S/C24H16Cl2N4O3S2/c25-19-9-6-16(12-20(19)26)27-23(31)28-17-7-10-21-22(13-17)34-24(29-21)30-35(32,33)18-8-5-14-3-1-2-4-15(14)11-18/h1-13H,(H,29,30)(H2,27,28,31). The molecule has 1 heterocycles. The first-order valence-electron chi connectivity index (χ1n) is 10.2. The lowest BCUT2D eigenvalue weighted by atomic mass is 10.1. The summed E-state index contributed by atoms with van der Waals surface area (Å²) in [6.45, 7) is 0. The third-order valence-corrected chi connectivity index (χ3v) is 8.22. The first-order chi connectivity index (χ1) is 16.8. The fourth-order valence-corrected chi connectivity index (χ4v) is 5.89. The number of benzene rings is 4. The SMILES string of the molecule is O=C(Nc1ccc(Cl)c(Cl)c1)Nc1ccc2nc(NS(=O)(=O)c3ccc4ccccc4c3)sc2c1. The summed E-state index contributed by atoms with van der Waals surface area (Å²) >= 11 is 13.0. The Bertz CT molecular complexity index is 1700. The fourth-order valence-electron chi connectivity index (χ4n) is 3.42. The topological polar surface area (TPSA) is 100 Å². The number of carbonyl (C=O) groups excluding carboxylic acids is 1. The molecule has 0 fully saturated rings. The minimum atomic E-state index is -3.82. The average molecular weight is 543 g/mol. The van der Waals surface area contributed by atoms with Crippen LogP contribution in [0.15, 0.2) is 83.8 Å². The van der Waals surface area contributed by atoms with E-state index < -0.39 is 16.1 Å². The van der Waals surface area contributed by atoms with Crippen molar-refractivity contribution in [2.24, 2.45) is 0 Å². The Hall–Kier alpha value is -3.37. The number of anilines is 3. The summed E-state index contributed by atoms with van der Waals surface area (Å²) in [6, 6.07) is 21.9. The lowest BCUT2D eigenvalue weighted by Gasteiger charge is -2.08. The first kappa shape index (κ1) is 23.4. The van der Waals surface area contributed by atoms with E-state index in [4.69, 9.17) is 23.2 Å². The molecule has 0 aliphatic heterocycles. The van der Waals surface area contributed by atoms with Gasteiger partial charge in [0, 0.05) is 11.4 Å². The van der Waals surface area contributed by atoms with Gasteiger partial charge in [0.1, 0.15) is 0 Å². The third-order valence-electron chi connectivity index (χ3n) is 5.08. The molecule has 0 bridgehead atoms. The summed E-state index contributed by atoms with van der Waals surface area (Å²) in [6.07, 6.45) is 0. The summed E-state index contributed by atoms with van der Waals surface area (Å²) in [5.41, 5.74) is 1.60. The molecule has 0 spiro atoms. The summed E-state index contributed by atoms with van der Waals surface area (Å²) in [5.74, 6) is 0. The van der Waals surface area contributed by atoms with E-state index in [0.29, 0.717) is 31.6 Å². The number of urea groups is 1. The van der Waals surface area contributed by atoms with Crippen LogP contribution in [0.3, 0.4) is 0 Å². The number of sulfonamides is 1. The molecule has 5 aromatic rings. The summed E-state index contributed by atoms with van der Waals surface area (Å²) in [7, 11) is -3.82. The maximum absolute atomic E-state index is 12.9. The van der Waals surface area contributed by atoms with Gasteiger partial charge in [0.2, 0.25) is 0 Å². The van der Waals surface area contributed by atoms with Gasteiger partial charge in [-0.3, -0.25) is 4.72 Å². The molecule has 0 aliphatic rings. The summed E-state index contributed by atoms with van der Waals surface area (Å²) < 4.78 is 29.1. The van der Waals surface area contributed by atoms with Gasteiger partial charge in [-0.15, -0.1) is 0 Å².